The number of likely N-dealkylation sites (tertiary alicyclic amines) is 1. The molecule has 170 valence electrons. The molecule has 1 fully saturated rings. The average Bonchev–Trinajstić information content (AvgIpc) is 3.19. The maximum absolute atomic E-state index is 10.7. The fourth-order valence-corrected chi connectivity index (χ4v) is 1.84. The second-order valence-electron chi connectivity index (χ2n) is 6.00. The van der Waals surface area contributed by atoms with Gasteiger partial charge in [-0.2, -0.15) is 0 Å². The van der Waals surface area contributed by atoms with Crippen LogP contribution in [0.4, 0.5) is 0 Å². The fraction of sp³-hybridized carbons (Fsp3) is 0.292. The number of amides is 1. The summed E-state index contributed by atoms with van der Waals surface area (Å²) in [6.07, 6.45) is 5.07. The van der Waals surface area contributed by atoms with Gasteiger partial charge in [-0.3, -0.25) is 4.79 Å². The number of rotatable bonds is 5. The van der Waals surface area contributed by atoms with Crippen LogP contribution in [0.15, 0.2) is 74.5 Å². The number of ether oxygens (including phenoxy) is 2. The summed E-state index contributed by atoms with van der Waals surface area (Å²) in [5.41, 5.74) is 1.61. The molecular weight excluding hydrogens is 398 g/mol. The lowest BCUT2D eigenvalue weighted by molar-refractivity contribution is -0.158. The van der Waals surface area contributed by atoms with Gasteiger partial charge >= 0.3 is 11.9 Å². The van der Waals surface area contributed by atoms with Crippen LogP contribution in [-0.2, 0) is 23.9 Å². The molecule has 1 aromatic rings. The van der Waals surface area contributed by atoms with Gasteiger partial charge in [-0.25, -0.2) is 9.59 Å². The zero-order valence-corrected chi connectivity index (χ0v) is 18.6. The third-order valence-electron chi connectivity index (χ3n) is 3.35. The van der Waals surface area contributed by atoms with Crippen LogP contribution in [0.5, 0.6) is 0 Å². The maximum Gasteiger partial charge on any atom is 0.332 e. The average molecular weight is 432 g/mol. The first-order valence-electron chi connectivity index (χ1n) is 9.47. The molecule has 1 aliphatic rings. The molecule has 0 spiro atoms. The Morgan fingerprint density at radius 1 is 1.19 bits per heavy atom. The molecule has 0 radical (unpaired) electrons. The molecule has 1 aromatic carbocycles. The third kappa shape index (κ3) is 17.1. The van der Waals surface area contributed by atoms with Gasteiger partial charge in [0.15, 0.2) is 6.29 Å². The number of nitrogens with zero attached hydrogens (tertiary/aromatic N) is 1. The third-order valence-corrected chi connectivity index (χ3v) is 3.35. The van der Waals surface area contributed by atoms with E-state index in [1.807, 2.05) is 36.4 Å². The Hall–Kier alpha value is -3.45. The largest absolute Gasteiger partial charge is 0.466 e. The lowest BCUT2D eigenvalue weighted by Gasteiger charge is -2.05. The molecule has 1 N–H and O–H groups in total. The van der Waals surface area contributed by atoms with E-state index in [1.54, 1.807) is 18.0 Å². The van der Waals surface area contributed by atoms with Gasteiger partial charge in [0, 0.05) is 24.6 Å². The van der Waals surface area contributed by atoms with E-state index < -0.39 is 12.3 Å². The first-order chi connectivity index (χ1) is 14.6. The smallest absolute Gasteiger partial charge is 0.332 e. The second kappa shape index (κ2) is 18.6. The predicted molar refractivity (Wildman–Crippen MR) is 122 cm³/mol. The lowest BCUT2D eigenvalue weighted by Crippen LogP contribution is -2.16. The first kappa shape index (κ1) is 29.7. The number of hydrogen-bond acceptors (Lipinski definition) is 6. The highest BCUT2D eigenvalue weighted by molar-refractivity contribution is 5.86. The van der Waals surface area contributed by atoms with Gasteiger partial charge in [0.05, 0.1) is 7.11 Å². The van der Waals surface area contributed by atoms with E-state index >= 15 is 0 Å². The van der Waals surface area contributed by atoms with E-state index in [4.69, 9.17) is 5.11 Å². The number of methoxy groups -OCH3 is 1. The number of hydrogen-bond donors (Lipinski definition) is 1. The minimum Gasteiger partial charge on any atom is -0.466 e. The minimum atomic E-state index is -1.04. The molecule has 31 heavy (non-hydrogen) atoms. The van der Waals surface area contributed by atoms with Gasteiger partial charge in [0.25, 0.3) is 0 Å². The topological polar surface area (TPSA) is 93.1 Å². The molecular formula is C24H33NO6. The summed E-state index contributed by atoms with van der Waals surface area (Å²) >= 11 is 0. The molecule has 0 aromatic heterocycles. The van der Waals surface area contributed by atoms with Crippen LogP contribution in [0.2, 0.25) is 0 Å². The Morgan fingerprint density at radius 3 is 1.97 bits per heavy atom. The molecule has 0 bridgehead atoms. The van der Waals surface area contributed by atoms with Gasteiger partial charge in [-0.15, -0.1) is 0 Å². The second-order valence-corrected chi connectivity index (χ2v) is 6.00. The number of carbonyl (C=O) groups excluding carboxylic acids is 3. The van der Waals surface area contributed by atoms with E-state index in [1.165, 1.54) is 19.6 Å². The van der Waals surface area contributed by atoms with Crippen LogP contribution >= 0.6 is 0 Å². The van der Waals surface area contributed by atoms with Crippen LogP contribution in [0.3, 0.4) is 0 Å². The van der Waals surface area contributed by atoms with E-state index in [0.717, 1.165) is 19.0 Å². The minimum absolute atomic E-state index is 0.208. The van der Waals surface area contributed by atoms with Gasteiger partial charge in [0.1, 0.15) is 0 Å². The summed E-state index contributed by atoms with van der Waals surface area (Å²) in [5.74, 6) is -0.750. The summed E-state index contributed by atoms with van der Waals surface area (Å²) in [7, 11) is 1.33. The van der Waals surface area contributed by atoms with E-state index in [9.17, 15) is 14.4 Å². The van der Waals surface area contributed by atoms with Crippen molar-refractivity contribution in [3.63, 3.8) is 0 Å². The summed E-state index contributed by atoms with van der Waals surface area (Å²) in [6.45, 7) is 17.4. The number of aliphatic hydroxyl groups is 1. The van der Waals surface area contributed by atoms with Gasteiger partial charge < -0.3 is 19.5 Å². The van der Waals surface area contributed by atoms with Gasteiger partial charge in [0.2, 0.25) is 5.91 Å². The molecule has 1 unspecified atom stereocenters. The monoisotopic (exact) mass is 431 g/mol. The van der Waals surface area contributed by atoms with Crippen molar-refractivity contribution in [1.82, 2.24) is 4.90 Å². The van der Waals surface area contributed by atoms with Crippen LogP contribution in [0, 0.1) is 0 Å². The quantitative estimate of drug-likeness (QED) is 0.432. The van der Waals surface area contributed by atoms with Crippen molar-refractivity contribution in [2.45, 2.75) is 33.0 Å². The summed E-state index contributed by atoms with van der Waals surface area (Å²) in [6, 6.07) is 10.0. The molecule has 0 saturated carbocycles. The van der Waals surface area contributed by atoms with Crippen LogP contribution in [0.1, 0.15) is 32.3 Å². The van der Waals surface area contributed by atoms with Gasteiger partial charge in [-0.1, -0.05) is 62.7 Å². The van der Waals surface area contributed by atoms with Crippen molar-refractivity contribution in [3.8, 4) is 0 Å². The highest BCUT2D eigenvalue weighted by Gasteiger charge is 2.16. The van der Waals surface area contributed by atoms with Crippen molar-refractivity contribution >= 4 is 23.9 Å². The van der Waals surface area contributed by atoms with Crippen molar-refractivity contribution in [2.24, 2.45) is 0 Å². The van der Waals surface area contributed by atoms with Crippen molar-refractivity contribution in [3.05, 3.63) is 80.1 Å². The molecule has 0 aliphatic carbocycles. The predicted octanol–water partition coefficient (Wildman–Crippen LogP) is 3.87. The number of esters is 2. The van der Waals surface area contributed by atoms with Crippen molar-refractivity contribution in [1.29, 1.82) is 0 Å². The van der Waals surface area contributed by atoms with E-state index in [2.05, 4.69) is 35.8 Å². The summed E-state index contributed by atoms with van der Waals surface area (Å²) in [5, 5.41) is 8.36. The number of benzene rings is 1. The Balaban J connectivity index is 0. The maximum atomic E-state index is 10.7. The van der Waals surface area contributed by atoms with Crippen molar-refractivity contribution in [2.75, 3.05) is 13.7 Å². The fourth-order valence-electron chi connectivity index (χ4n) is 1.84. The Labute approximate surface area is 185 Å². The normalized spacial score (nSPS) is 12.1. The van der Waals surface area contributed by atoms with E-state index in [0.29, 0.717) is 12.0 Å². The van der Waals surface area contributed by atoms with Crippen LogP contribution in [0.25, 0.3) is 6.08 Å². The zero-order chi connectivity index (χ0) is 24.2. The first-order valence-corrected chi connectivity index (χ1v) is 9.47. The SMILES string of the molecule is C=C(C)C(=O)OC.C=CC(=O)OC(C)O.C=CN1CCCC1=O.C=Cc1ccccc1. The molecule has 1 amide bonds. The Bertz CT molecular complexity index is 725. The molecule has 1 heterocycles. The van der Waals surface area contributed by atoms with Crippen LogP contribution in [-0.4, -0.2) is 47.8 Å². The standard InChI is InChI=1S/C8H8.C6H9NO.C5H8O3.C5H8O2/c1-2-8-6-4-3-5-7-8;1-2-7-5-3-4-6(7)8;1-3-5(7)8-4(2)6;1-4(2)5(6)7-3/h2-7H,1H2;2H,1,3-5H2;3-4,6H,1H2,2H3;1H2,2-3H3. The summed E-state index contributed by atoms with van der Waals surface area (Å²) < 4.78 is 8.47. The molecule has 7 nitrogen and oxygen atoms in total. The highest BCUT2D eigenvalue weighted by Crippen LogP contribution is 2.08. The Morgan fingerprint density at radius 2 is 1.77 bits per heavy atom. The molecule has 1 aliphatic heterocycles. The number of aliphatic hydroxyl groups excluding tert-OH is 1. The number of carbonyl (C=O) groups is 3. The van der Waals surface area contributed by atoms with Gasteiger partial charge in [-0.05, 0) is 32.0 Å². The molecule has 2 rings (SSSR count). The molecule has 1 saturated heterocycles. The highest BCUT2D eigenvalue weighted by atomic mass is 16.6. The van der Waals surface area contributed by atoms with Crippen molar-refractivity contribution < 1.29 is 29.0 Å². The summed E-state index contributed by atoms with van der Waals surface area (Å²) in [4.78, 5) is 32.6. The molecule has 1 atom stereocenters. The lowest BCUT2D eigenvalue weighted by atomic mass is 10.2. The van der Waals surface area contributed by atoms with E-state index in [-0.39, 0.29) is 11.9 Å². The Kier molecular flexibility index (Phi) is 17.8. The van der Waals surface area contributed by atoms with Crippen LogP contribution < -0.4 is 0 Å². The molecule has 7 heteroatoms. The zero-order valence-electron chi connectivity index (χ0n) is 18.6.